The standard InChI is InChI=1S/C11H13N3O3S2/c1-3-16-10(15)9-13-14-11(19-9)17-5-4-8-7(2)12-6-18-8/h6H,3-5H2,1-2H3. The minimum absolute atomic E-state index is 0.214. The van der Waals surface area contributed by atoms with Gasteiger partial charge in [0.15, 0.2) is 0 Å². The molecule has 0 unspecified atom stereocenters. The highest BCUT2D eigenvalue weighted by Gasteiger charge is 2.14. The lowest BCUT2D eigenvalue weighted by molar-refractivity contribution is 0.0525. The molecular weight excluding hydrogens is 286 g/mol. The van der Waals surface area contributed by atoms with Crippen molar-refractivity contribution >= 4 is 28.6 Å². The number of hydrogen-bond acceptors (Lipinski definition) is 8. The number of ether oxygens (including phenoxy) is 2. The molecule has 0 radical (unpaired) electrons. The number of esters is 1. The maximum atomic E-state index is 11.4. The fourth-order valence-electron chi connectivity index (χ4n) is 1.34. The molecule has 2 rings (SSSR count). The van der Waals surface area contributed by atoms with Gasteiger partial charge in [-0.1, -0.05) is 5.10 Å². The lowest BCUT2D eigenvalue weighted by atomic mass is 10.3. The number of carbonyl (C=O) groups is 1. The van der Waals surface area contributed by atoms with Crippen molar-refractivity contribution < 1.29 is 14.3 Å². The van der Waals surface area contributed by atoms with Crippen LogP contribution in [0.4, 0.5) is 0 Å². The maximum absolute atomic E-state index is 11.4. The van der Waals surface area contributed by atoms with E-state index in [1.54, 1.807) is 18.3 Å². The molecule has 8 heteroatoms. The number of hydrogen-bond donors (Lipinski definition) is 0. The van der Waals surface area contributed by atoms with Crippen LogP contribution in [0.15, 0.2) is 5.51 Å². The Balaban J connectivity index is 1.84. The van der Waals surface area contributed by atoms with Gasteiger partial charge in [-0.05, 0) is 25.2 Å². The molecule has 0 aliphatic rings. The van der Waals surface area contributed by atoms with E-state index < -0.39 is 5.97 Å². The van der Waals surface area contributed by atoms with Gasteiger partial charge in [0.25, 0.3) is 5.19 Å². The zero-order valence-corrected chi connectivity index (χ0v) is 12.2. The molecule has 0 bridgehead atoms. The fraction of sp³-hybridized carbons (Fsp3) is 0.455. The van der Waals surface area contributed by atoms with Crippen molar-refractivity contribution in [2.24, 2.45) is 0 Å². The first-order valence-corrected chi connectivity index (χ1v) is 7.42. The van der Waals surface area contributed by atoms with Crippen LogP contribution in [-0.2, 0) is 11.2 Å². The fourth-order valence-corrected chi connectivity index (χ4v) is 2.72. The van der Waals surface area contributed by atoms with Gasteiger partial charge in [0.2, 0.25) is 5.01 Å². The second kappa shape index (κ2) is 6.58. The maximum Gasteiger partial charge on any atom is 0.369 e. The molecule has 2 aromatic heterocycles. The van der Waals surface area contributed by atoms with Gasteiger partial charge in [-0.15, -0.1) is 16.4 Å². The van der Waals surface area contributed by atoms with E-state index in [9.17, 15) is 4.79 Å². The molecule has 2 heterocycles. The van der Waals surface area contributed by atoms with Crippen molar-refractivity contribution in [3.05, 3.63) is 21.1 Å². The highest BCUT2D eigenvalue weighted by atomic mass is 32.1. The monoisotopic (exact) mass is 299 g/mol. The second-order valence-corrected chi connectivity index (χ2v) is 5.43. The van der Waals surface area contributed by atoms with Gasteiger partial charge in [0.1, 0.15) is 0 Å². The molecule has 0 atom stereocenters. The lowest BCUT2D eigenvalue weighted by Gasteiger charge is -2.00. The molecule has 0 aliphatic heterocycles. The first kappa shape index (κ1) is 13.9. The van der Waals surface area contributed by atoms with E-state index in [2.05, 4.69) is 15.2 Å². The quantitative estimate of drug-likeness (QED) is 0.760. The molecule has 0 N–H and O–H groups in total. The Morgan fingerprint density at radius 2 is 2.26 bits per heavy atom. The molecule has 2 aromatic rings. The Labute approximate surface area is 118 Å². The molecule has 0 amide bonds. The molecule has 0 saturated carbocycles. The van der Waals surface area contributed by atoms with Crippen molar-refractivity contribution in [1.29, 1.82) is 0 Å². The third-order valence-corrected chi connectivity index (χ3v) is 4.07. The van der Waals surface area contributed by atoms with Crippen LogP contribution in [-0.4, -0.2) is 34.4 Å². The summed E-state index contributed by atoms with van der Waals surface area (Å²) in [5.74, 6) is -0.465. The summed E-state index contributed by atoms with van der Waals surface area (Å²) < 4.78 is 10.3. The number of aryl methyl sites for hydroxylation is 1. The molecular formula is C11H13N3O3S2. The first-order valence-electron chi connectivity index (χ1n) is 5.73. The molecule has 6 nitrogen and oxygen atoms in total. The largest absolute Gasteiger partial charge is 0.469 e. The third-order valence-electron chi connectivity index (χ3n) is 2.26. The van der Waals surface area contributed by atoms with E-state index >= 15 is 0 Å². The van der Waals surface area contributed by atoms with Gasteiger partial charge in [0, 0.05) is 11.3 Å². The predicted molar refractivity (Wildman–Crippen MR) is 71.9 cm³/mol. The number of rotatable bonds is 6. The average molecular weight is 299 g/mol. The number of carbonyl (C=O) groups excluding carboxylic acids is 1. The summed E-state index contributed by atoms with van der Waals surface area (Å²) in [7, 11) is 0. The lowest BCUT2D eigenvalue weighted by Crippen LogP contribution is -2.03. The van der Waals surface area contributed by atoms with Crippen LogP contribution in [0.5, 0.6) is 5.19 Å². The normalized spacial score (nSPS) is 10.4. The van der Waals surface area contributed by atoms with Gasteiger partial charge in [0.05, 0.1) is 24.4 Å². The van der Waals surface area contributed by atoms with E-state index in [0.29, 0.717) is 18.4 Å². The summed E-state index contributed by atoms with van der Waals surface area (Å²) >= 11 is 2.69. The van der Waals surface area contributed by atoms with Crippen molar-refractivity contribution in [2.75, 3.05) is 13.2 Å². The van der Waals surface area contributed by atoms with Crippen molar-refractivity contribution in [2.45, 2.75) is 20.3 Å². The Bertz CT molecular complexity index is 553. The van der Waals surface area contributed by atoms with Crippen molar-refractivity contribution in [3.63, 3.8) is 0 Å². The van der Waals surface area contributed by atoms with E-state index in [1.165, 1.54) is 4.88 Å². The van der Waals surface area contributed by atoms with Crippen LogP contribution in [0.3, 0.4) is 0 Å². The van der Waals surface area contributed by atoms with Crippen LogP contribution in [0.1, 0.15) is 27.3 Å². The Kier molecular flexibility index (Phi) is 4.80. The van der Waals surface area contributed by atoms with Gasteiger partial charge in [-0.25, -0.2) is 9.78 Å². The number of aromatic nitrogens is 3. The predicted octanol–water partition coefficient (Wildman–Crippen LogP) is 2.10. The van der Waals surface area contributed by atoms with Crippen LogP contribution < -0.4 is 4.74 Å². The van der Waals surface area contributed by atoms with Crippen molar-refractivity contribution in [1.82, 2.24) is 15.2 Å². The molecule has 0 fully saturated rings. The Hall–Kier alpha value is -1.54. The van der Waals surface area contributed by atoms with E-state index in [-0.39, 0.29) is 5.01 Å². The van der Waals surface area contributed by atoms with Crippen LogP contribution in [0, 0.1) is 6.92 Å². The van der Waals surface area contributed by atoms with Gasteiger partial charge < -0.3 is 9.47 Å². The van der Waals surface area contributed by atoms with Gasteiger partial charge in [-0.3, -0.25) is 0 Å². The van der Waals surface area contributed by atoms with Crippen LogP contribution >= 0.6 is 22.7 Å². The summed E-state index contributed by atoms with van der Waals surface area (Å²) in [6, 6.07) is 0. The Morgan fingerprint density at radius 1 is 1.42 bits per heavy atom. The van der Waals surface area contributed by atoms with Crippen LogP contribution in [0.25, 0.3) is 0 Å². The zero-order chi connectivity index (χ0) is 13.7. The van der Waals surface area contributed by atoms with E-state index in [4.69, 9.17) is 9.47 Å². The van der Waals surface area contributed by atoms with Crippen molar-refractivity contribution in [3.8, 4) is 5.19 Å². The highest BCUT2D eigenvalue weighted by Crippen LogP contribution is 2.19. The van der Waals surface area contributed by atoms with Gasteiger partial charge >= 0.3 is 5.97 Å². The second-order valence-electron chi connectivity index (χ2n) is 3.55. The summed E-state index contributed by atoms with van der Waals surface area (Å²) in [6.45, 7) is 4.52. The molecule has 19 heavy (non-hydrogen) atoms. The van der Waals surface area contributed by atoms with E-state index in [1.807, 2.05) is 12.4 Å². The van der Waals surface area contributed by atoms with Crippen LogP contribution in [0.2, 0.25) is 0 Å². The molecule has 102 valence electrons. The van der Waals surface area contributed by atoms with E-state index in [0.717, 1.165) is 23.5 Å². The van der Waals surface area contributed by atoms with Gasteiger partial charge in [-0.2, -0.15) is 0 Å². The zero-order valence-electron chi connectivity index (χ0n) is 10.6. The Morgan fingerprint density at radius 3 is 2.95 bits per heavy atom. The topological polar surface area (TPSA) is 74.2 Å². The summed E-state index contributed by atoms with van der Waals surface area (Å²) in [4.78, 5) is 16.7. The highest BCUT2D eigenvalue weighted by molar-refractivity contribution is 7.14. The first-order chi connectivity index (χ1) is 9.20. The SMILES string of the molecule is CCOC(=O)c1nnc(OCCc2scnc2C)s1. The molecule has 0 saturated heterocycles. The summed E-state index contributed by atoms with van der Waals surface area (Å²) in [6.07, 6.45) is 0.769. The molecule has 0 spiro atoms. The number of thiazole rings is 1. The number of nitrogens with zero attached hydrogens (tertiary/aromatic N) is 3. The molecule has 0 aromatic carbocycles. The summed E-state index contributed by atoms with van der Waals surface area (Å²) in [5, 5.41) is 8.11. The average Bonchev–Trinajstić information content (AvgIpc) is 3.00. The minimum atomic E-state index is -0.465. The molecule has 0 aliphatic carbocycles. The summed E-state index contributed by atoms with van der Waals surface area (Å²) in [5.41, 5.74) is 2.84. The smallest absolute Gasteiger partial charge is 0.369 e. The minimum Gasteiger partial charge on any atom is -0.469 e. The third kappa shape index (κ3) is 3.71.